The van der Waals surface area contributed by atoms with E-state index in [-0.39, 0.29) is 0 Å². The van der Waals surface area contributed by atoms with E-state index < -0.39 is 53.7 Å². The maximum Gasteiger partial charge on any atom is 0.355 e. The van der Waals surface area contributed by atoms with Crippen LogP contribution in [0.25, 0.3) is 0 Å². The summed E-state index contributed by atoms with van der Waals surface area (Å²) >= 11 is 0. The standard InChI is InChI=1S/C13H14F3NO5S2/c1-8(2)12(18)5-6-23(19,20)9-3-4-11(10(14)7-9)17-24(21,22)13(15)16/h3-8,13,17H,1-2H3/b6-5+. The summed E-state index contributed by atoms with van der Waals surface area (Å²) in [7, 11) is -9.24. The molecule has 0 bridgehead atoms. The number of hydrogen-bond donors (Lipinski definition) is 1. The lowest BCUT2D eigenvalue weighted by molar-refractivity contribution is -0.117. The van der Waals surface area contributed by atoms with Crippen molar-refractivity contribution < 1.29 is 34.8 Å². The van der Waals surface area contributed by atoms with Gasteiger partial charge in [0.05, 0.1) is 10.6 Å². The van der Waals surface area contributed by atoms with Gasteiger partial charge in [-0.1, -0.05) is 13.8 Å². The maximum absolute atomic E-state index is 13.8. The number of rotatable bonds is 7. The lowest BCUT2D eigenvalue weighted by Gasteiger charge is -2.09. The first-order valence-electron chi connectivity index (χ1n) is 6.43. The Labute approximate surface area is 137 Å². The molecule has 24 heavy (non-hydrogen) atoms. The van der Waals surface area contributed by atoms with Crippen LogP contribution in [-0.2, 0) is 24.7 Å². The number of hydrogen-bond acceptors (Lipinski definition) is 5. The highest BCUT2D eigenvalue weighted by atomic mass is 32.2. The summed E-state index contributed by atoms with van der Waals surface area (Å²) in [6.07, 6.45) is 0.825. The van der Waals surface area contributed by atoms with E-state index in [0.29, 0.717) is 17.5 Å². The molecule has 0 fully saturated rings. The van der Waals surface area contributed by atoms with Gasteiger partial charge in [0, 0.05) is 11.3 Å². The van der Waals surface area contributed by atoms with Gasteiger partial charge in [0.2, 0.25) is 0 Å². The summed E-state index contributed by atoms with van der Waals surface area (Å²) in [5, 5.41) is 0.590. The number of sulfone groups is 1. The minimum atomic E-state index is -5.08. The van der Waals surface area contributed by atoms with Crippen molar-refractivity contribution in [2.45, 2.75) is 24.5 Å². The molecule has 0 aliphatic heterocycles. The fourth-order valence-electron chi connectivity index (χ4n) is 1.38. The number of carbonyl (C=O) groups excluding carboxylic acids is 1. The Hall–Kier alpha value is -1.88. The van der Waals surface area contributed by atoms with E-state index in [9.17, 15) is 34.8 Å². The molecule has 0 unspecified atom stereocenters. The van der Waals surface area contributed by atoms with E-state index in [1.54, 1.807) is 13.8 Å². The molecule has 1 rings (SSSR count). The Morgan fingerprint density at radius 2 is 1.75 bits per heavy atom. The Morgan fingerprint density at radius 1 is 1.17 bits per heavy atom. The minimum absolute atomic E-state index is 0.431. The van der Waals surface area contributed by atoms with Crippen LogP contribution in [-0.4, -0.2) is 28.4 Å². The molecule has 6 nitrogen and oxygen atoms in total. The first kappa shape index (κ1) is 20.2. The van der Waals surface area contributed by atoms with E-state index in [2.05, 4.69) is 0 Å². The van der Waals surface area contributed by atoms with Gasteiger partial charge < -0.3 is 0 Å². The number of ketones is 1. The van der Waals surface area contributed by atoms with Crippen molar-refractivity contribution in [1.29, 1.82) is 0 Å². The molecular weight excluding hydrogens is 371 g/mol. The first-order chi connectivity index (χ1) is 10.9. The predicted molar refractivity (Wildman–Crippen MR) is 81.1 cm³/mol. The van der Waals surface area contributed by atoms with Crippen molar-refractivity contribution in [3.8, 4) is 0 Å². The van der Waals surface area contributed by atoms with Crippen LogP contribution in [0.1, 0.15) is 13.8 Å². The molecule has 0 radical (unpaired) electrons. The highest BCUT2D eigenvalue weighted by molar-refractivity contribution is 7.94. The minimum Gasteiger partial charge on any atom is -0.295 e. The number of anilines is 1. The molecule has 0 aliphatic carbocycles. The van der Waals surface area contributed by atoms with Crippen molar-refractivity contribution in [2.24, 2.45) is 5.92 Å². The van der Waals surface area contributed by atoms with Crippen LogP contribution >= 0.6 is 0 Å². The van der Waals surface area contributed by atoms with E-state index in [1.165, 1.54) is 4.72 Å². The fraction of sp³-hybridized carbons (Fsp3) is 0.308. The third-order valence-corrected chi connectivity index (χ3v) is 5.12. The van der Waals surface area contributed by atoms with Gasteiger partial charge in [0.25, 0.3) is 10.0 Å². The molecule has 0 spiro atoms. The third-order valence-electron chi connectivity index (χ3n) is 2.74. The van der Waals surface area contributed by atoms with Crippen molar-refractivity contribution in [3.05, 3.63) is 35.5 Å². The van der Waals surface area contributed by atoms with Crippen molar-refractivity contribution in [3.63, 3.8) is 0 Å². The van der Waals surface area contributed by atoms with Gasteiger partial charge in [-0.15, -0.1) is 0 Å². The summed E-state index contributed by atoms with van der Waals surface area (Å²) in [6.45, 7) is 3.12. The molecule has 0 saturated heterocycles. The monoisotopic (exact) mass is 385 g/mol. The lowest BCUT2D eigenvalue weighted by atomic mass is 10.1. The molecule has 11 heteroatoms. The molecule has 0 aromatic heterocycles. The van der Waals surface area contributed by atoms with E-state index in [1.807, 2.05) is 0 Å². The number of alkyl halides is 2. The van der Waals surface area contributed by atoms with Crippen molar-refractivity contribution in [1.82, 2.24) is 0 Å². The second kappa shape index (κ2) is 7.34. The first-order valence-corrected chi connectivity index (χ1v) is 9.52. The number of halogens is 3. The Bertz CT molecular complexity index is 862. The number of carbonyl (C=O) groups is 1. The van der Waals surface area contributed by atoms with Crippen LogP contribution in [0.3, 0.4) is 0 Å². The highest BCUT2D eigenvalue weighted by Gasteiger charge is 2.25. The zero-order valence-electron chi connectivity index (χ0n) is 12.5. The van der Waals surface area contributed by atoms with Gasteiger partial charge in [-0.05, 0) is 24.3 Å². The SMILES string of the molecule is CC(C)C(=O)/C=C/S(=O)(=O)c1ccc(NS(=O)(=O)C(F)F)c(F)c1. The highest BCUT2D eigenvalue weighted by Crippen LogP contribution is 2.22. The zero-order valence-corrected chi connectivity index (χ0v) is 14.2. The molecular formula is C13H14F3NO5S2. The number of allylic oxidation sites excluding steroid dienone is 1. The summed E-state index contributed by atoms with van der Waals surface area (Å²) in [6, 6.07) is 1.98. The Morgan fingerprint density at radius 3 is 2.21 bits per heavy atom. The summed E-state index contributed by atoms with van der Waals surface area (Å²) in [5.41, 5.74) is -0.823. The van der Waals surface area contributed by atoms with Gasteiger partial charge in [-0.3, -0.25) is 9.52 Å². The average Bonchev–Trinajstić information content (AvgIpc) is 2.46. The number of nitrogens with one attached hydrogen (secondary N) is 1. The van der Waals surface area contributed by atoms with Gasteiger partial charge in [0.1, 0.15) is 5.82 Å². The molecule has 0 saturated carbocycles. The van der Waals surface area contributed by atoms with E-state index >= 15 is 0 Å². The largest absolute Gasteiger partial charge is 0.355 e. The van der Waals surface area contributed by atoms with Gasteiger partial charge in [-0.25, -0.2) is 21.2 Å². The van der Waals surface area contributed by atoms with Crippen molar-refractivity contribution in [2.75, 3.05) is 4.72 Å². The van der Waals surface area contributed by atoms with Crippen LogP contribution in [0, 0.1) is 11.7 Å². The smallest absolute Gasteiger partial charge is 0.295 e. The van der Waals surface area contributed by atoms with Gasteiger partial charge in [-0.2, -0.15) is 8.78 Å². The zero-order chi connectivity index (χ0) is 18.7. The normalized spacial score (nSPS) is 13.0. The van der Waals surface area contributed by atoms with Crippen LogP contribution in [0.2, 0.25) is 0 Å². The molecule has 1 aromatic rings. The van der Waals surface area contributed by atoms with Crippen LogP contribution in [0.4, 0.5) is 18.9 Å². The quantitative estimate of drug-likeness (QED) is 0.727. The maximum atomic E-state index is 13.8. The number of benzene rings is 1. The molecule has 0 heterocycles. The molecule has 0 atom stereocenters. The molecule has 1 aromatic carbocycles. The summed E-state index contributed by atoms with van der Waals surface area (Å²) in [4.78, 5) is 10.8. The van der Waals surface area contributed by atoms with Gasteiger partial charge in [0.15, 0.2) is 15.6 Å². The average molecular weight is 385 g/mol. The summed E-state index contributed by atoms with van der Waals surface area (Å²) in [5.74, 6) is -6.02. The fourth-order valence-corrected chi connectivity index (χ4v) is 2.94. The topological polar surface area (TPSA) is 97.4 Å². The molecule has 134 valence electrons. The third kappa shape index (κ3) is 5.06. The second-order valence-electron chi connectivity index (χ2n) is 4.95. The Balaban J connectivity index is 3.13. The van der Waals surface area contributed by atoms with Gasteiger partial charge >= 0.3 is 5.76 Å². The van der Waals surface area contributed by atoms with E-state index in [4.69, 9.17) is 0 Å². The van der Waals surface area contributed by atoms with Crippen molar-refractivity contribution >= 4 is 31.3 Å². The summed E-state index contributed by atoms with van der Waals surface area (Å²) < 4.78 is 85.4. The molecule has 0 amide bonds. The Kier molecular flexibility index (Phi) is 6.17. The predicted octanol–water partition coefficient (Wildman–Crippen LogP) is 2.30. The molecule has 1 N–H and O–H groups in total. The lowest BCUT2D eigenvalue weighted by Crippen LogP contribution is -2.21. The van der Waals surface area contributed by atoms with Crippen LogP contribution in [0.5, 0.6) is 0 Å². The second-order valence-corrected chi connectivity index (χ2v) is 8.44. The molecule has 0 aliphatic rings. The van der Waals surface area contributed by atoms with E-state index in [0.717, 1.165) is 12.1 Å². The van der Waals surface area contributed by atoms with Crippen LogP contribution < -0.4 is 4.72 Å². The number of sulfonamides is 1. The van der Waals surface area contributed by atoms with Crippen LogP contribution in [0.15, 0.2) is 34.6 Å².